The minimum absolute atomic E-state index is 0.00995. The number of hydrogen-bond acceptors (Lipinski definition) is 11. The zero-order valence-corrected chi connectivity index (χ0v) is 41.5. The van der Waals surface area contributed by atoms with E-state index in [9.17, 15) is 19.5 Å². The van der Waals surface area contributed by atoms with Gasteiger partial charge < -0.3 is 37.9 Å². The third-order valence-electron chi connectivity index (χ3n) is 8.17. The highest BCUT2D eigenvalue weighted by molar-refractivity contribution is 14.1. The van der Waals surface area contributed by atoms with Crippen molar-refractivity contribution >= 4 is 160 Å². The van der Waals surface area contributed by atoms with Gasteiger partial charge in [-0.2, -0.15) is 0 Å². The van der Waals surface area contributed by atoms with Crippen molar-refractivity contribution in [1.29, 1.82) is 0 Å². The number of rotatable bonds is 22. The van der Waals surface area contributed by atoms with Crippen LogP contribution in [0.1, 0.15) is 48.9 Å². The van der Waals surface area contributed by atoms with E-state index in [4.69, 9.17) is 79.2 Å². The number of esters is 2. The van der Waals surface area contributed by atoms with Gasteiger partial charge in [0.2, 0.25) is 5.43 Å². The van der Waals surface area contributed by atoms with Gasteiger partial charge in [0.1, 0.15) is 15.9 Å². The second kappa shape index (κ2) is 24.3. The molecule has 0 amide bonds. The van der Waals surface area contributed by atoms with E-state index in [0.29, 0.717) is 89.7 Å². The van der Waals surface area contributed by atoms with Crippen molar-refractivity contribution < 1.29 is 47.5 Å². The van der Waals surface area contributed by atoms with Gasteiger partial charge in [0.25, 0.3) is 0 Å². The molecule has 2 aromatic rings. The Balaban J connectivity index is 1.34. The maximum absolute atomic E-state index is 13.9. The topological polar surface area (TPSA) is 140 Å². The van der Waals surface area contributed by atoms with E-state index in [1.807, 2.05) is 90.4 Å². The van der Waals surface area contributed by atoms with Crippen LogP contribution in [0.15, 0.2) is 21.3 Å². The minimum atomic E-state index is -0.775. The maximum atomic E-state index is 13.9. The number of methoxy groups -OCH3 is 1. The van der Waals surface area contributed by atoms with Crippen molar-refractivity contribution in [2.45, 2.75) is 38.5 Å². The SMILES string of the molecule is COCCOCCOCCOCCOC(=O)CCCCCCCOC(=O)c1c(Cl)c(Cl)c(Cl)c(Cl)c1-c1c2cc(I)c(=O)c(I)c-2oc2c(I)c(O)c(I)cc12. The Morgan fingerprint density at radius 2 is 1.27 bits per heavy atom. The lowest BCUT2D eigenvalue weighted by atomic mass is 9.90. The molecule has 0 radical (unpaired) electrons. The van der Waals surface area contributed by atoms with Crippen LogP contribution in [-0.4, -0.2) is 83.6 Å². The number of halogens is 8. The average molecular weight is 1310 g/mol. The predicted octanol–water partition coefficient (Wildman–Crippen LogP) is 11.0. The number of hydrogen-bond donors (Lipinski definition) is 1. The molecule has 4 rings (SSSR count). The van der Waals surface area contributed by atoms with Gasteiger partial charge in [-0.15, -0.1) is 0 Å². The molecule has 0 aromatic heterocycles. The average Bonchev–Trinajstić information content (AvgIpc) is 3.17. The first-order chi connectivity index (χ1) is 26.8. The molecule has 19 heteroatoms. The molecule has 0 spiro atoms. The van der Waals surface area contributed by atoms with E-state index in [2.05, 4.69) is 0 Å². The Bertz CT molecular complexity index is 2050. The van der Waals surface area contributed by atoms with E-state index in [1.54, 1.807) is 19.2 Å². The Morgan fingerprint density at radius 1 is 0.679 bits per heavy atom. The van der Waals surface area contributed by atoms with E-state index in [1.165, 1.54) is 0 Å². The predicted molar refractivity (Wildman–Crippen MR) is 250 cm³/mol. The van der Waals surface area contributed by atoms with Gasteiger partial charge in [-0.1, -0.05) is 65.7 Å². The van der Waals surface area contributed by atoms with Crippen LogP contribution in [0.25, 0.3) is 33.4 Å². The molecule has 0 fully saturated rings. The molecule has 0 bridgehead atoms. The molecule has 0 unspecified atom stereocenters. The van der Waals surface area contributed by atoms with Crippen LogP contribution in [0.3, 0.4) is 0 Å². The second-order valence-electron chi connectivity index (χ2n) is 12.0. The van der Waals surface area contributed by atoms with E-state index < -0.39 is 5.97 Å². The zero-order chi connectivity index (χ0) is 40.9. The first kappa shape index (κ1) is 48.5. The summed E-state index contributed by atoms with van der Waals surface area (Å²) in [6, 6.07) is 3.33. The molecule has 56 heavy (non-hydrogen) atoms. The molecule has 11 nitrogen and oxygen atoms in total. The normalized spacial score (nSPS) is 11.5. The fourth-order valence-corrected chi connectivity index (χ4v) is 10.0. The Hall–Kier alpha value is -0.210. The highest BCUT2D eigenvalue weighted by Crippen LogP contribution is 2.52. The van der Waals surface area contributed by atoms with Gasteiger partial charge in [-0.3, -0.25) is 9.59 Å². The highest BCUT2D eigenvalue weighted by atomic mass is 127. The number of aromatic hydroxyl groups is 1. The first-order valence-electron chi connectivity index (χ1n) is 17.2. The molecule has 306 valence electrons. The van der Waals surface area contributed by atoms with Gasteiger partial charge >= 0.3 is 11.9 Å². The molecule has 1 N–H and O–H groups in total. The number of carbonyl (C=O) groups is 2. The number of ether oxygens (including phenoxy) is 6. The lowest BCUT2D eigenvalue weighted by Gasteiger charge is -2.22. The Labute approximate surface area is 398 Å². The number of phenols is 1. The monoisotopic (exact) mass is 1300 g/mol. The van der Waals surface area contributed by atoms with E-state index >= 15 is 0 Å². The van der Waals surface area contributed by atoms with Crippen LogP contribution in [0.5, 0.6) is 5.75 Å². The smallest absolute Gasteiger partial charge is 0.340 e. The van der Waals surface area contributed by atoms with Crippen LogP contribution < -0.4 is 5.43 Å². The van der Waals surface area contributed by atoms with Crippen molar-refractivity contribution in [3.05, 3.63) is 62.3 Å². The summed E-state index contributed by atoms with van der Waals surface area (Å²) >= 11 is 34.6. The van der Waals surface area contributed by atoms with Crippen LogP contribution in [0.4, 0.5) is 0 Å². The van der Waals surface area contributed by atoms with Gasteiger partial charge in [-0.25, -0.2) is 4.79 Å². The molecular formula is C37H36Cl4I4O11. The lowest BCUT2D eigenvalue weighted by Crippen LogP contribution is -2.14. The van der Waals surface area contributed by atoms with Gasteiger partial charge in [0.05, 0.1) is 89.2 Å². The number of unbranched alkanes of at least 4 members (excludes halogenated alkanes) is 4. The third kappa shape index (κ3) is 12.7. The molecule has 0 saturated heterocycles. The highest BCUT2D eigenvalue weighted by Gasteiger charge is 2.33. The standard InChI is InChI=1S/C37H36Cl4I4O11/c1-50-9-10-51-11-12-52-13-14-53-15-16-54-23(46)7-5-3-2-4-6-8-55-37(49)26-25(27(38)29(40)30(41)28(26)39)24-19-17-21(42)33(47)31(44)35(19)56-36-20(24)18-22(43)34(48)32(36)45/h17-18,47H,2-16H2,1H3. The largest absolute Gasteiger partial charge is 0.506 e. The molecule has 2 aromatic carbocycles. The second-order valence-corrected chi connectivity index (χ2v) is 18.0. The lowest BCUT2D eigenvalue weighted by molar-refractivity contribution is -0.145. The molecular weight excluding hydrogens is 1270 g/mol. The van der Waals surface area contributed by atoms with Gasteiger partial charge in [-0.05, 0) is 115 Å². The van der Waals surface area contributed by atoms with E-state index in [-0.39, 0.29) is 79.5 Å². The number of fused-ring (bicyclic) bond motifs is 2. The fourth-order valence-electron chi connectivity index (χ4n) is 5.43. The quantitative estimate of drug-likeness (QED) is 0.0201. The number of benzene rings is 3. The Morgan fingerprint density at radius 3 is 1.93 bits per heavy atom. The first-order valence-corrected chi connectivity index (χ1v) is 23.0. The number of phenolic OH excluding ortho intramolecular Hbond substituents is 1. The van der Waals surface area contributed by atoms with Crippen molar-refractivity contribution in [3.8, 4) is 28.2 Å². The van der Waals surface area contributed by atoms with Crippen molar-refractivity contribution in [1.82, 2.24) is 0 Å². The molecule has 0 saturated carbocycles. The zero-order valence-electron chi connectivity index (χ0n) is 29.8. The van der Waals surface area contributed by atoms with Crippen LogP contribution >= 0.6 is 137 Å². The summed E-state index contributed by atoms with van der Waals surface area (Å²) in [6.07, 6.45) is 3.85. The van der Waals surface area contributed by atoms with Crippen molar-refractivity contribution in [2.75, 3.05) is 66.6 Å². The molecule has 1 aliphatic carbocycles. The summed E-state index contributed by atoms with van der Waals surface area (Å²) in [5.74, 6) is -0.843. The summed E-state index contributed by atoms with van der Waals surface area (Å²) in [6.45, 7) is 3.39. The van der Waals surface area contributed by atoms with Crippen molar-refractivity contribution in [2.24, 2.45) is 0 Å². The molecule has 2 aliphatic rings. The summed E-state index contributed by atoms with van der Waals surface area (Å²) in [5, 5.41) is 10.9. The summed E-state index contributed by atoms with van der Waals surface area (Å²) < 4.78 is 39.8. The van der Waals surface area contributed by atoms with Crippen LogP contribution in [0, 0.1) is 14.3 Å². The van der Waals surface area contributed by atoms with Crippen LogP contribution in [0.2, 0.25) is 20.1 Å². The summed E-state index contributed by atoms with van der Waals surface area (Å²) in [7, 11) is 1.62. The molecule has 1 heterocycles. The maximum Gasteiger partial charge on any atom is 0.340 e. The molecule has 1 aliphatic heterocycles. The van der Waals surface area contributed by atoms with E-state index in [0.717, 1.165) is 19.3 Å². The summed E-state index contributed by atoms with van der Waals surface area (Å²) in [5.41, 5.74) is 0.920. The molecule has 0 atom stereocenters. The number of carbonyl (C=O) groups excluding carboxylic acids is 2. The van der Waals surface area contributed by atoms with Crippen LogP contribution in [-0.2, 0) is 33.2 Å². The summed E-state index contributed by atoms with van der Waals surface area (Å²) in [4.78, 5) is 39.0. The van der Waals surface area contributed by atoms with Gasteiger partial charge in [0.15, 0.2) is 11.3 Å². The Kier molecular flexibility index (Phi) is 21.0. The van der Waals surface area contributed by atoms with Crippen molar-refractivity contribution in [3.63, 3.8) is 0 Å². The third-order valence-corrected chi connectivity index (χ3v) is 13.6. The fraction of sp³-hybridized carbons (Fsp3) is 0.432. The minimum Gasteiger partial charge on any atom is -0.506 e. The van der Waals surface area contributed by atoms with Gasteiger partial charge in [0, 0.05) is 35.6 Å².